The molecule has 0 amide bonds. The van der Waals surface area contributed by atoms with Crippen LogP contribution in [0.3, 0.4) is 0 Å². The Kier molecular flexibility index (Phi) is 3.38. The lowest BCUT2D eigenvalue weighted by Gasteiger charge is -2.13. The maximum Gasteiger partial charge on any atom is 0.396 e. The maximum absolute atomic E-state index is 10.4. The van der Waals surface area contributed by atoms with Gasteiger partial charge in [0, 0.05) is 14.1 Å². The van der Waals surface area contributed by atoms with Gasteiger partial charge in [-0.15, -0.1) is 5.11 Å². The van der Waals surface area contributed by atoms with E-state index in [2.05, 4.69) is 9.63 Å². The van der Waals surface area contributed by atoms with Gasteiger partial charge in [0.15, 0.2) is 0 Å². The Morgan fingerprint density at radius 2 is 1.87 bits per heavy atom. The number of hydrogen-bond acceptors (Lipinski definition) is 4. The van der Waals surface area contributed by atoms with Crippen LogP contribution in [0.1, 0.15) is 0 Å². The highest BCUT2D eigenvalue weighted by Crippen LogP contribution is 2.26. The SMILES string of the molecule is CN(C)c1ccccc1N=NS(=O)(=O)O. The Labute approximate surface area is 88.1 Å². The molecule has 0 aliphatic carbocycles. The van der Waals surface area contributed by atoms with Crippen LogP contribution in [0.2, 0.25) is 0 Å². The van der Waals surface area contributed by atoms with Crippen LogP contribution in [-0.2, 0) is 10.3 Å². The highest BCUT2D eigenvalue weighted by Gasteiger charge is 2.04. The van der Waals surface area contributed by atoms with E-state index < -0.39 is 10.3 Å². The minimum Gasteiger partial charge on any atom is -0.376 e. The summed E-state index contributed by atoms with van der Waals surface area (Å²) in [4.78, 5) is 1.76. The second-order valence-corrected chi connectivity index (χ2v) is 4.07. The van der Waals surface area contributed by atoms with Crippen LogP contribution < -0.4 is 4.90 Å². The monoisotopic (exact) mass is 229 g/mol. The second kappa shape index (κ2) is 4.37. The van der Waals surface area contributed by atoms with Gasteiger partial charge in [-0.3, -0.25) is 4.55 Å². The van der Waals surface area contributed by atoms with Crippen LogP contribution in [0.5, 0.6) is 0 Å². The fourth-order valence-electron chi connectivity index (χ4n) is 1.02. The van der Waals surface area contributed by atoms with E-state index in [0.29, 0.717) is 11.4 Å². The summed E-state index contributed by atoms with van der Waals surface area (Å²) in [5, 5.41) is 3.44. The largest absolute Gasteiger partial charge is 0.396 e. The summed E-state index contributed by atoms with van der Waals surface area (Å²) < 4.78 is 31.9. The molecule has 1 rings (SSSR count). The fraction of sp³-hybridized carbons (Fsp3) is 0.250. The molecule has 0 radical (unpaired) electrons. The molecule has 1 aromatic carbocycles. The number of hydrogen-bond donors (Lipinski definition) is 1. The topological polar surface area (TPSA) is 82.3 Å². The van der Waals surface area contributed by atoms with Crippen molar-refractivity contribution in [1.82, 2.24) is 0 Å². The average molecular weight is 229 g/mol. The van der Waals surface area contributed by atoms with Gasteiger partial charge in [0.05, 0.1) is 5.69 Å². The third-order valence-electron chi connectivity index (χ3n) is 1.62. The third-order valence-corrected chi connectivity index (χ3v) is 1.90. The lowest BCUT2D eigenvalue weighted by atomic mass is 10.2. The zero-order valence-electron chi connectivity index (χ0n) is 8.32. The molecule has 0 bridgehead atoms. The van der Waals surface area contributed by atoms with Crippen LogP contribution in [-0.4, -0.2) is 27.1 Å². The van der Waals surface area contributed by atoms with Crippen LogP contribution in [0, 0.1) is 0 Å². The summed E-state index contributed by atoms with van der Waals surface area (Å²) in [6.07, 6.45) is 0. The van der Waals surface area contributed by atoms with E-state index in [1.165, 1.54) is 0 Å². The molecule has 0 spiro atoms. The predicted molar refractivity (Wildman–Crippen MR) is 56.8 cm³/mol. The first kappa shape index (κ1) is 11.6. The summed E-state index contributed by atoms with van der Waals surface area (Å²) in [6.45, 7) is 0. The molecule has 0 saturated heterocycles. The Hall–Kier alpha value is -1.47. The van der Waals surface area contributed by atoms with Crippen molar-refractivity contribution in [1.29, 1.82) is 0 Å². The van der Waals surface area contributed by atoms with Gasteiger partial charge in [0.25, 0.3) is 0 Å². The molecule has 15 heavy (non-hydrogen) atoms. The van der Waals surface area contributed by atoms with E-state index in [-0.39, 0.29) is 0 Å². The number of benzene rings is 1. The molecule has 0 aromatic heterocycles. The summed E-state index contributed by atoms with van der Waals surface area (Å²) in [7, 11) is -0.838. The van der Waals surface area contributed by atoms with Crippen molar-refractivity contribution in [2.75, 3.05) is 19.0 Å². The van der Waals surface area contributed by atoms with E-state index in [9.17, 15) is 8.42 Å². The summed E-state index contributed by atoms with van der Waals surface area (Å²) in [5.41, 5.74) is 1.09. The summed E-state index contributed by atoms with van der Waals surface area (Å²) in [6, 6.07) is 6.86. The maximum atomic E-state index is 10.4. The normalized spacial score (nSPS) is 11.9. The molecule has 0 aliphatic heterocycles. The highest BCUT2D eigenvalue weighted by atomic mass is 32.2. The minimum absolute atomic E-state index is 0.375. The van der Waals surface area contributed by atoms with Gasteiger partial charge in [-0.05, 0) is 16.7 Å². The molecular formula is C8H11N3O3S. The standard InChI is InChI=1S/C8H11N3O3S/c1-11(2)8-6-4-3-5-7(8)9-10-15(12,13)14/h3-6H,1-2H3,(H,12,13,14). The molecule has 0 heterocycles. The van der Waals surface area contributed by atoms with Gasteiger partial charge in [0.2, 0.25) is 0 Å². The van der Waals surface area contributed by atoms with E-state index in [0.717, 1.165) is 0 Å². The lowest BCUT2D eigenvalue weighted by molar-refractivity contribution is 0.482. The predicted octanol–water partition coefficient (Wildman–Crippen LogP) is 1.64. The number of nitrogens with zero attached hydrogens (tertiary/aromatic N) is 3. The van der Waals surface area contributed by atoms with Crippen LogP contribution in [0.15, 0.2) is 33.9 Å². The van der Waals surface area contributed by atoms with Crippen molar-refractivity contribution >= 4 is 21.7 Å². The van der Waals surface area contributed by atoms with Gasteiger partial charge in [-0.2, -0.15) is 8.42 Å². The Bertz CT molecular complexity index is 468. The zero-order chi connectivity index (χ0) is 11.5. The van der Waals surface area contributed by atoms with Crippen molar-refractivity contribution in [3.63, 3.8) is 0 Å². The van der Waals surface area contributed by atoms with Crippen LogP contribution >= 0.6 is 0 Å². The molecular weight excluding hydrogens is 218 g/mol. The Morgan fingerprint density at radius 3 is 2.40 bits per heavy atom. The second-order valence-electron chi connectivity index (χ2n) is 3.01. The summed E-state index contributed by atoms with van der Waals surface area (Å²) in [5.74, 6) is 0. The lowest BCUT2D eigenvalue weighted by Crippen LogP contribution is -2.08. The van der Waals surface area contributed by atoms with Crippen LogP contribution in [0.4, 0.5) is 11.4 Å². The van der Waals surface area contributed by atoms with E-state index in [1.54, 1.807) is 43.3 Å². The molecule has 1 aromatic rings. The molecule has 1 N–H and O–H groups in total. The number of para-hydroxylation sites is 1. The Balaban J connectivity index is 3.10. The number of anilines is 1. The Morgan fingerprint density at radius 1 is 1.27 bits per heavy atom. The molecule has 0 fully saturated rings. The molecule has 0 aliphatic rings. The highest BCUT2D eigenvalue weighted by molar-refractivity contribution is 7.84. The first-order valence-corrected chi connectivity index (χ1v) is 5.46. The number of rotatable bonds is 3. The zero-order valence-corrected chi connectivity index (χ0v) is 9.14. The minimum atomic E-state index is -4.42. The quantitative estimate of drug-likeness (QED) is 0.631. The van der Waals surface area contributed by atoms with Crippen molar-refractivity contribution in [3.8, 4) is 0 Å². The van der Waals surface area contributed by atoms with Crippen molar-refractivity contribution < 1.29 is 13.0 Å². The van der Waals surface area contributed by atoms with Gasteiger partial charge >= 0.3 is 10.3 Å². The molecule has 0 unspecified atom stereocenters. The third kappa shape index (κ3) is 3.64. The van der Waals surface area contributed by atoms with E-state index in [1.807, 2.05) is 0 Å². The molecule has 7 heteroatoms. The molecule has 0 atom stereocenters. The van der Waals surface area contributed by atoms with E-state index >= 15 is 0 Å². The van der Waals surface area contributed by atoms with Crippen molar-refractivity contribution in [2.24, 2.45) is 9.63 Å². The first-order valence-electron chi connectivity index (χ1n) is 4.07. The first-order chi connectivity index (χ1) is 6.90. The van der Waals surface area contributed by atoms with Crippen molar-refractivity contribution in [2.45, 2.75) is 0 Å². The van der Waals surface area contributed by atoms with E-state index in [4.69, 9.17) is 4.55 Å². The molecule has 6 nitrogen and oxygen atoms in total. The van der Waals surface area contributed by atoms with Gasteiger partial charge in [0.1, 0.15) is 5.69 Å². The van der Waals surface area contributed by atoms with Crippen LogP contribution in [0.25, 0.3) is 0 Å². The molecule has 82 valence electrons. The smallest absolute Gasteiger partial charge is 0.376 e. The van der Waals surface area contributed by atoms with Gasteiger partial charge < -0.3 is 4.90 Å². The average Bonchev–Trinajstić information content (AvgIpc) is 2.14. The van der Waals surface area contributed by atoms with Gasteiger partial charge in [-0.25, -0.2) is 0 Å². The molecule has 0 saturated carbocycles. The van der Waals surface area contributed by atoms with Crippen molar-refractivity contribution in [3.05, 3.63) is 24.3 Å². The fourth-order valence-corrected chi connectivity index (χ4v) is 1.21. The summed E-state index contributed by atoms with van der Waals surface area (Å²) >= 11 is 0. The van der Waals surface area contributed by atoms with Gasteiger partial charge in [-0.1, -0.05) is 12.1 Å².